The maximum atomic E-state index is 12.9. The van der Waals surface area contributed by atoms with Crippen LogP contribution in [0.4, 0.5) is 4.39 Å². The topological polar surface area (TPSA) is 12.0 Å². The van der Waals surface area contributed by atoms with Gasteiger partial charge in [0.25, 0.3) is 0 Å². The molecule has 0 aliphatic carbocycles. The Kier molecular flexibility index (Phi) is 6.20. The van der Waals surface area contributed by atoms with E-state index in [2.05, 4.69) is 19.2 Å². The molecule has 1 N–H and O–H groups in total. The molecule has 0 radical (unpaired) electrons. The molecule has 0 aromatic heterocycles. The summed E-state index contributed by atoms with van der Waals surface area (Å²) in [5.74, 6) is 0.537. The third-order valence-electron chi connectivity index (χ3n) is 3.13. The molecule has 0 aliphatic heterocycles. The Balaban J connectivity index is 2.34. The van der Waals surface area contributed by atoms with Crippen LogP contribution in [0.25, 0.3) is 0 Å². The van der Waals surface area contributed by atoms with Gasteiger partial charge in [-0.15, -0.1) is 0 Å². The number of aryl methyl sites for hydroxylation is 2. The summed E-state index contributed by atoms with van der Waals surface area (Å²) in [6.07, 6.45) is 3.38. The molecule has 0 spiro atoms. The Morgan fingerprint density at radius 2 is 2.12 bits per heavy atom. The van der Waals surface area contributed by atoms with E-state index in [0.717, 1.165) is 31.5 Å². The van der Waals surface area contributed by atoms with Crippen LogP contribution < -0.4 is 5.32 Å². The summed E-state index contributed by atoms with van der Waals surface area (Å²) in [7, 11) is 0. The van der Waals surface area contributed by atoms with Crippen molar-refractivity contribution in [1.29, 1.82) is 0 Å². The van der Waals surface area contributed by atoms with Gasteiger partial charge in [-0.1, -0.05) is 19.9 Å². The van der Waals surface area contributed by atoms with Crippen molar-refractivity contribution in [3.05, 3.63) is 35.1 Å². The normalized spacial score (nSPS) is 12.7. The Hall–Kier alpha value is -0.890. The molecule has 1 rings (SSSR count). The second-order valence-electron chi connectivity index (χ2n) is 4.92. The molecule has 0 fully saturated rings. The first-order valence-corrected chi connectivity index (χ1v) is 6.59. The first kappa shape index (κ1) is 14.2. The zero-order chi connectivity index (χ0) is 12.7. The van der Waals surface area contributed by atoms with E-state index in [9.17, 15) is 4.39 Å². The van der Waals surface area contributed by atoms with E-state index >= 15 is 0 Å². The molecule has 1 unspecified atom stereocenters. The lowest BCUT2D eigenvalue weighted by Crippen LogP contribution is -2.22. The van der Waals surface area contributed by atoms with Gasteiger partial charge in [0.05, 0.1) is 0 Å². The van der Waals surface area contributed by atoms with Crippen molar-refractivity contribution in [2.45, 2.75) is 40.0 Å². The fourth-order valence-corrected chi connectivity index (χ4v) is 1.97. The highest BCUT2D eigenvalue weighted by atomic mass is 19.1. The van der Waals surface area contributed by atoms with E-state index in [1.165, 1.54) is 12.0 Å². The Labute approximate surface area is 104 Å². The number of rotatable bonds is 7. The van der Waals surface area contributed by atoms with Crippen molar-refractivity contribution < 1.29 is 4.39 Å². The van der Waals surface area contributed by atoms with E-state index in [0.29, 0.717) is 5.92 Å². The third kappa shape index (κ3) is 5.31. The minimum atomic E-state index is -0.135. The minimum absolute atomic E-state index is 0.135. The summed E-state index contributed by atoms with van der Waals surface area (Å²) in [6, 6.07) is 5.09. The average molecular weight is 237 g/mol. The lowest BCUT2D eigenvalue weighted by molar-refractivity contribution is 0.481. The van der Waals surface area contributed by atoms with Gasteiger partial charge in [0.2, 0.25) is 0 Å². The number of hydrogen-bond donors (Lipinski definition) is 1. The SMILES string of the molecule is CCCNCC(C)CCc1ccc(F)cc1C. The maximum absolute atomic E-state index is 12.9. The molecule has 0 bridgehead atoms. The second-order valence-corrected chi connectivity index (χ2v) is 4.92. The van der Waals surface area contributed by atoms with Gasteiger partial charge >= 0.3 is 0 Å². The summed E-state index contributed by atoms with van der Waals surface area (Å²) in [6.45, 7) is 8.60. The lowest BCUT2D eigenvalue weighted by atomic mass is 9.98. The highest BCUT2D eigenvalue weighted by molar-refractivity contribution is 5.26. The quantitative estimate of drug-likeness (QED) is 0.713. The highest BCUT2D eigenvalue weighted by Crippen LogP contribution is 2.14. The fraction of sp³-hybridized carbons (Fsp3) is 0.600. The van der Waals surface area contributed by atoms with Crippen LogP contribution in [0.3, 0.4) is 0 Å². The number of benzene rings is 1. The molecule has 1 nitrogen and oxygen atoms in total. The molecule has 0 amide bonds. The molecule has 0 aliphatic rings. The van der Waals surface area contributed by atoms with Crippen molar-refractivity contribution in [3.63, 3.8) is 0 Å². The Morgan fingerprint density at radius 3 is 2.76 bits per heavy atom. The maximum Gasteiger partial charge on any atom is 0.123 e. The molecule has 1 aromatic carbocycles. The average Bonchev–Trinajstić information content (AvgIpc) is 2.28. The molecule has 0 heterocycles. The zero-order valence-corrected chi connectivity index (χ0v) is 11.2. The highest BCUT2D eigenvalue weighted by Gasteiger charge is 2.04. The smallest absolute Gasteiger partial charge is 0.123 e. The first-order chi connectivity index (χ1) is 8.13. The van der Waals surface area contributed by atoms with Gasteiger partial charge in [-0.05, 0) is 68.5 Å². The summed E-state index contributed by atoms with van der Waals surface area (Å²) in [5.41, 5.74) is 2.34. The van der Waals surface area contributed by atoms with Gasteiger partial charge in [0.1, 0.15) is 5.82 Å². The van der Waals surface area contributed by atoms with Gasteiger partial charge in [-0.3, -0.25) is 0 Å². The number of nitrogens with one attached hydrogen (secondary N) is 1. The molecule has 96 valence electrons. The largest absolute Gasteiger partial charge is 0.316 e. The van der Waals surface area contributed by atoms with E-state index in [1.807, 2.05) is 13.0 Å². The van der Waals surface area contributed by atoms with E-state index < -0.39 is 0 Å². The number of halogens is 1. The van der Waals surface area contributed by atoms with Crippen LogP contribution in [0, 0.1) is 18.7 Å². The fourth-order valence-electron chi connectivity index (χ4n) is 1.97. The van der Waals surface area contributed by atoms with Crippen LogP contribution >= 0.6 is 0 Å². The lowest BCUT2D eigenvalue weighted by Gasteiger charge is -2.13. The molecule has 1 atom stereocenters. The molecule has 0 saturated heterocycles. The van der Waals surface area contributed by atoms with Crippen molar-refractivity contribution in [2.75, 3.05) is 13.1 Å². The van der Waals surface area contributed by atoms with Gasteiger partial charge in [-0.25, -0.2) is 4.39 Å². The van der Waals surface area contributed by atoms with Crippen molar-refractivity contribution in [1.82, 2.24) is 5.32 Å². The van der Waals surface area contributed by atoms with E-state index in [1.54, 1.807) is 12.1 Å². The summed E-state index contributed by atoms with van der Waals surface area (Å²) in [5, 5.41) is 3.43. The molecule has 17 heavy (non-hydrogen) atoms. The minimum Gasteiger partial charge on any atom is -0.316 e. The standard InChI is InChI=1S/C15H24FN/c1-4-9-17-11-12(2)5-6-14-7-8-15(16)10-13(14)3/h7-8,10,12,17H,4-6,9,11H2,1-3H3. The molecule has 0 saturated carbocycles. The monoisotopic (exact) mass is 237 g/mol. The van der Waals surface area contributed by atoms with Crippen molar-refractivity contribution >= 4 is 0 Å². The van der Waals surface area contributed by atoms with E-state index in [4.69, 9.17) is 0 Å². The van der Waals surface area contributed by atoms with Crippen LogP contribution in [0.5, 0.6) is 0 Å². The van der Waals surface area contributed by atoms with Crippen molar-refractivity contribution in [2.24, 2.45) is 5.92 Å². The van der Waals surface area contributed by atoms with Crippen LogP contribution in [0.2, 0.25) is 0 Å². The summed E-state index contributed by atoms with van der Waals surface area (Å²) in [4.78, 5) is 0. The third-order valence-corrected chi connectivity index (χ3v) is 3.13. The van der Waals surface area contributed by atoms with Crippen LogP contribution in [0.15, 0.2) is 18.2 Å². The summed E-state index contributed by atoms with van der Waals surface area (Å²) < 4.78 is 12.9. The summed E-state index contributed by atoms with van der Waals surface area (Å²) >= 11 is 0. The first-order valence-electron chi connectivity index (χ1n) is 6.59. The van der Waals surface area contributed by atoms with Gasteiger partial charge in [0.15, 0.2) is 0 Å². The van der Waals surface area contributed by atoms with Gasteiger partial charge in [-0.2, -0.15) is 0 Å². The van der Waals surface area contributed by atoms with E-state index in [-0.39, 0.29) is 5.82 Å². The van der Waals surface area contributed by atoms with Crippen LogP contribution in [0.1, 0.15) is 37.8 Å². The van der Waals surface area contributed by atoms with Gasteiger partial charge in [0, 0.05) is 0 Å². The number of hydrogen-bond acceptors (Lipinski definition) is 1. The van der Waals surface area contributed by atoms with Crippen LogP contribution in [-0.2, 0) is 6.42 Å². The van der Waals surface area contributed by atoms with Crippen molar-refractivity contribution in [3.8, 4) is 0 Å². The molecule has 1 aromatic rings. The Bertz CT molecular complexity index is 336. The molecule has 2 heteroatoms. The van der Waals surface area contributed by atoms with Gasteiger partial charge < -0.3 is 5.32 Å². The van der Waals surface area contributed by atoms with Crippen LogP contribution in [-0.4, -0.2) is 13.1 Å². The second kappa shape index (κ2) is 7.44. The molecular weight excluding hydrogens is 213 g/mol. The zero-order valence-electron chi connectivity index (χ0n) is 11.2. The molecular formula is C15H24FN. The predicted molar refractivity (Wildman–Crippen MR) is 71.8 cm³/mol. The Morgan fingerprint density at radius 1 is 1.35 bits per heavy atom. The predicted octanol–water partition coefficient (Wildman–Crippen LogP) is 3.70.